The van der Waals surface area contributed by atoms with Crippen LogP contribution in [0.3, 0.4) is 0 Å². The minimum Gasteiger partial charge on any atom is -0.494 e. The normalized spacial score (nSPS) is 24.3. The van der Waals surface area contributed by atoms with Crippen molar-refractivity contribution in [2.45, 2.75) is 25.8 Å². The number of benzene rings is 1. The molecule has 2 saturated heterocycles. The van der Waals surface area contributed by atoms with Gasteiger partial charge >= 0.3 is 0 Å². The molecule has 0 aromatic heterocycles. The number of rotatable bonds is 6. The van der Waals surface area contributed by atoms with Crippen molar-refractivity contribution in [3.8, 4) is 5.75 Å². The van der Waals surface area contributed by atoms with Crippen LogP contribution in [0.1, 0.15) is 24.8 Å². The van der Waals surface area contributed by atoms with Gasteiger partial charge in [0.05, 0.1) is 19.1 Å². The lowest BCUT2D eigenvalue weighted by Gasteiger charge is -2.39. The average Bonchev–Trinajstić information content (AvgIpc) is 3.00. The lowest BCUT2D eigenvalue weighted by molar-refractivity contribution is -0.146. The van der Waals surface area contributed by atoms with E-state index in [1.807, 2.05) is 11.0 Å². The molecule has 1 aromatic rings. The number of ether oxygens (including phenoxy) is 2. The maximum Gasteiger partial charge on any atom is 0.230 e. The Bertz CT molecular complexity index is 625. The number of hydrogen-bond acceptors (Lipinski definition) is 4. The van der Waals surface area contributed by atoms with Gasteiger partial charge in [-0.15, -0.1) is 0 Å². The monoisotopic (exact) mass is 350 g/mol. The van der Waals surface area contributed by atoms with Gasteiger partial charge in [0, 0.05) is 33.3 Å². The second kappa shape index (κ2) is 7.70. The van der Waals surface area contributed by atoms with Crippen molar-refractivity contribution in [1.82, 2.24) is 9.80 Å². The molecule has 2 heterocycles. The third-order valence-electron chi connectivity index (χ3n) is 5.44. The number of amides is 1. The predicted octanol–water partition coefficient (Wildman–Crippen LogP) is 2.30. The molecular weight excluding hydrogens is 323 g/mol. The highest BCUT2D eigenvalue weighted by Crippen LogP contribution is 2.40. The summed E-state index contributed by atoms with van der Waals surface area (Å²) in [4.78, 5) is 17.2. The Kier molecular flexibility index (Phi) is 5.59. The molecule has 25 heavy (non-hydrogen) atoms. The van der Waals surface area contributed by atoms with Crippen LogP contribution in [0.15, 0.2) is 18.2 Å². The third kappa shape index (κ3) is 3.80. The van der Waals surface area contributed by atoms with Gasteiger partial charge in [-0.1, -0.05) is 6.07 Å². The summed E-state index contributed by atoms with van der Waals surface area (Å²) >= 11 is 0. The third-order valence-corrected chi connectivity index (χ3v) is 5.44. The fourth-order valence-electron chi connectivity index (χ4n) is 4.11. The molecule has 0 bridgehead atoms. The van der Waals surface area contributed by atoms with Gasteiger partial charge in [0.25, 0.3) is 0 Å². The van der Waals surface area contributed by atoms with E-state index < -0.39 is 0 Å². The molecule has 3 rings (SSSR count). The van der Waals surface area contributed by atoms with Crippen molar-refractivity contribution in [3.05, 3.63) is 29.6 Å². The SMILES string of the molecule is COCCN1CCCC2(CCN(Cc3ccc(OC)c(F)c3)C2)C1=O. The van der Waals surface area contributed by atoms with Crippen LogP contribution in [-0.2, 0) is 16.1 Å². The number of carbonyl (C=O) groups is 1. The van der Waals surface area contributed by atoms with Crippen LogP contribution in [0.5, 0.6) is 5.75 Å². The Morgan fingerprint density at radius 3 is 2.80 bits per heavy atom. The Labute approximate surface area is 148 Å². The van der Waals surface area contributed by atoms with Crippen LogP contribution in [0.4, 0.5) is 4.39 Å². The second-order valence-electron chi connectivity index (χ2n) is 7.10. The summed E-state index contributed by atoms with van der Waals surface area (Å²) in [5, 5.41) is 0. The first-order valence-corrected chi connectivity index (χ1v) is 8.91. The fourth-order valence-corrected chi connectivity index (χ4v) is 4.11. The fraction of sp³-hybridized carbons (Fsp3) is 0.632. The van der Waals surface area contributed by atoms with Crippen LogP contribution < -0.4 is 4.74 Å². The van der Waals surface area contributed by atoms with E-state index in [1.165, 1.54) is 13.2 Å². The highest BCUT2D eigenvalue weighted by molar-refractivity contribution is 5.84. The number of nitrogens with zero attached hydrogens (tertiary/aromatic N) is 2. The minimum absolute atomic E-state index is 0.262. The zero-order valence-corrected chi connectivity index (χ0v) is 15.1. The minimum atomic E-state index is -0.339. The number of piperidine rings is 1. The summed E-state index contributed by atoms with van der Waals surface area (Å²) in [5.41, 5.74) is 0.645. The molecule has 1 aromatic carbocycles. The van der Waals surface area contributed by atoms with Gasteiger partial charge in [-0.2, -0.15) is 0 Å². The lowest BCUT2D eigenvalue weighted by atomic mass is 9.78. The van der Waals surface area contributed by atoms with Crippen LogP contribution in [-0.4, -0.2) is 62.7 Å². The first-order chi connectivity index (χ1) is 12.1. The summed E-state index contributed by atoms with van der Waals surface area (Å²) in [6, 6.07) is 5.08. The summed E-state index contributed by atoms with van der Waals surface area (Å²) in [6.45, 7) is 4.36. The second-order valence-corrected chi connectivity index (χ2v) is 7.10. The standard InChI is InChI=1S/C19H27FN2O3/c1-24-11-10-22-8-3-6-19(18(22)23)7-9-21(14-19)13-15-4-5-17(25-2)16(20)12-15/h4-5,12H,3,6-11,13-14H2,1-2H3. The molecule has 6 heteroatoms. The highest BCUT2D eigenvalue weighted by Gasteiger charge is 2.47. The van der Waals surface area contributed by atoms with Crippen molar-refractivity contribution in [2.24, 2.45) is 5.41 Å². The summed E-state index contributed by atoms with van der Waals surface area (Å²) < 4.78 is 24.0. The average molecular weight is 350 g/mol. The van der Waals surface area contributed by atoms with Crippen molar-refractivity contribution in [1.29, 1.82) is 0 Å². The predicted molar refractivity (Wildman–Crippen MR) is 93.0 cm³/mol. The molecule has 2 aliphatic rings. The molecule has 1 unspecified atom stereocenters. The molecule has 0 saturated carbocycles. The maximum atomic E-state index is 13.9. The van der Waals surface area contributed by atoms with Crippen LogP contribution in [0.2, 0.25) is 0 Å². The Morgan fingerprint density at radius 2 is 2.08 bits per heavy atom. The molecular formula is C19H27FN2O3. The molecule has 5 nitrogen and oxygen atoms in total. The molecule has 0 radical (unpaired) electrons. The van der Waals surface area contributed by atoms with Crippen LogP contribution in [0.25, 0.3) is 0 Å². The van der Waals surface area contributed by atoms with Gasteiger partial charge in [0.2, 0.25) is 5.91 Å². The van der Waals surface area contributed by atoms with E-state index in [1.54, 1.807) is 13.2 Å². The number of likely N-dealkylation sites (tertiary alicyclic amines) is 2. The zero-order valence-electron chi connectivity index (χ0n) is 15.1. The molecule has 1 atom stereocenters. The lowest BCUT2D eigenvalue weighted by Crippen LogP contribution is -2.50. The van der Waals surface area contributed by atoms with Crippen molar-refractivity contribution in [2.75, 3.05) is 47.0 Å². The Morgan fingerprint density at radius 1 is 1.24 bits per heavy atom. The van der Waals surface area contributed by atoms with Gasteiger partial charge < -0.3 is 14.4 Å². The first-order valence-electron chi connectivity index (χ1n) is 8.91. The van der Waals surface area contributed by atoms with Gasteiger partial charge in [-0.05, 0) is 43.5 Å². The number of hydrogen-bond donors (Lipinski definition) is 0. The van der Waals surface area contributed by atoms with Gasteiger partial charge in [-0.25, -0.2) is 4.39 Å². The van der Waals surface area contributed by atoms with E-state index in [9.17, 15) is 9.18 Å². The Hall–Kier alpha value is -1.66. The molecule has 1 spiro atoms. The summed E-state index contributed by atoms with van der Waals surface area (Å²) in [5.74, 6) is 0.186. The van der Waals surface area contributed by atoms with E-state index in [2.05, 4.69) is 4.90 Å². The molecule has 2 fully saturated rings. The quantitative estimate of drug-likeness (QED) is 0.789. The molecule has 0 N–H and O–H groups in total. The summed E-state index contributed by atoms with van der Waals surface area (Å²) in [7, 11) is 3.13. The van der Waals surface area contributed by atoms with Crippen LogP contribution in [0, 0.1) is 11.2 Å². The van der Waals surface area contributed by atoms with Gasteiger partial charge in [0.15, 0.2) is 11.6 Å². The first kappa shape index (κ1) is 18.1. The van der Waals surface area contributed by atoms with E-state index in [4.69, 9.17) is 9.47 Å². The van der Waals surface area contributed by atoms with Crippen molar-refractivity contribution in [3.63, 3.8) is 0 Å². The van der Waals surface area contributed by atoms with E-state index in [-0.39, 0.29) is 22.9 Å². The zero-order chi connectivity index (χ0) is 17.9. The van der Waals surface area contributed by atoms with Crippen molar-refractivity contribution < 1.29 is 18.7 Å². The number of methoxy groups -OCH3 is 2. The molecule has 138 valence electrons. The molecule has 1 amide bonds. The largest absolute Gasteiger partial charge is 0.494 e. The Balaban J connectivity index is 1.64. The van der Waals surface area contributed by atoms with Crippen LogP contribution >= 0.6 is 0 Å². The molecule has 2 aliphatic heterocycles. The number of halogens is 1. The van der Waals surface area contributed by atoms with E-state index >= 15 is 0 Å². The highest BCUT2D eigenvalue weighted by atomic mass is 19.1. The topological polar surface area (TPSA) is 42.0 Å². The van der Waals surface area contributed by atoms with Crippen molar-refractivity contribution >= 4 is 5.91 Å². The van der Waals surface area contributed by atoms with E-state index in [0.717, 1.165) is 44.5 Å². The smallest absolute Gasteiger partial charge is 0.230 e. The van der Waals surface area contributed by atoms with Gasteiger partial charge in [-0.3, -0.25) is 9.69 Å². The van der Waals surface area contributed by atoms with E-state index in [0.29, 0.717) is 19.7 Å². The van der Waals surface area contributed by atoms with Gasteiger partial charge in [0.1, 0.15) is 0 Å². The maximum absolute atomic E-state index is 13.9. The summed E-state index contributed by atoms with van der Waals surface area (Å²) in [6.07, 6.45) is 2.87. The molecule has 0 aliphatic carbocycles. The number of carbonyl (C=O) groups excluding carboxylic acids is 1.